The van der Waals surface area contributed by atoms with Crippen LogP contribution in [0.2, 0.25) is 0 Å². The van der Waals surface area contributed by atoms with Gasteiger partial charge in [-0.05, 0) is 102 Å². The topological polar surface area (TPSA) is 35.9 Å². The second kappa shape index (κ2) is 14.5. The van der Waals surface area contributed by atoms with Gasteiger partial charge in [0.1, 0.15) is 17.0 Å². The van der Waals surface area contributed by atoms with Crippen LogP contribution in [0, 0.1) is 0 Å². The van der Waals surface area contributed by atoms with Gasteiger partial charge in [0.05, 0.1) is 27.1 Å². The molecule has 0 fully saturated rings. The molecule has 0 N–H and O–H groups in total. The van der Waals surface area contributed by atoms with Crippen molar-refractivity contribution in [3.05, 3.63) is 237 Å². The van der Waals surface area contributed by atoms with E-state index >= 15 is 0 Å². The number of hydrogen-bond donors (Lipinski definition) is 0. The van der Waals surface area contributed by atoms with Crippen molar-refractivity contribution in [1.29, 1.82) is 0 Å². The lowest BCUT2D eigenvalue weighted by Crippen LogP contribution is -2.09. The monoisotopic (exact) mass is 837 g/mol. The number of benzene rings is 9. The first-order chi connectivity index (χ1) is 31.8. The third kappa shape index (κ3) is 5.41. The molecule has 0 atom stereocenters. The maximum Gasteiger partial charge on any atom is 0.148 e. The normalized spacial score (nSPS) is 12.3. The van der Waals surface area contributed by atoms with Crippen LogP contribution >= 0.6 is 10.0 Å². The van der Waals surface area contributed by atoms with E-state index in [1.165, 1.54) is 42.4 Å². The van der Waals surface area contributed by atoms with Gasteiger partial charge in [0.25, 0.3) is 0 Å². The largest absolute Gasteiger partial charge is 0.455 e. The highest BCUT2D eigenvalue weighted by Crippen LogP contribution is 2.74. The Labute approximate surface area is 371 Å². The Morgan fingerprint density at radius 3 is 1.59 bits per heavy atom. The molecule has 302 valence electrons. The summed E-state index contributed by atoms with van der Waals surface area (Å²) in [6.07, 6.45) is 0. The third-order valence-corrected chi connectivity index (χ3v) is 16.6. The maximum absolute atomic E-state index is 6.87. The minimum Gasteiger partial charge on any atom is -0.455 e. The van der Waals surface area contributed by atoms with Gasteiger partial charge < -0.3 is 8.98 Å². The molecule has 5 heteroatoms. The summed E-state index contributed by atoms with van der Waals surface area (Å²) in [5.74, 6) is 0.866. The fourth-order valence-corrected chi connectivity index (χ4v) is 13.9. The zero-order valence-electron chi connectivity index (χ0n) is 34.7. The number of nitrogens with zero attached hydrogens (tertiary/aromatic N) is 3. The quantitative estimate of drug-likeness (QED) is 0.160. The fourth-order valence-electron chi connectivity index (χ4n) is 10.1. The van der Waals surface area contributed by atoms with E-state index in [1.54, 1.807) is 0 Å². The molecule has 0 amide bonds. The lowest BCUT2D eigenvalue weighted by Gasteiger charge is -2.40. The van der Waals surface area contributed by atoms with Crippen LogP contribution in [-0.4, -0.2) is 14.1 Å². The Kier molecular flexibility index (Phi) is 8.27. The number of pyridine rings is 1. The van der Waals surface area contributed by atoms with Crippen LogP contribution in [-0.2, 0) is 0 Å². The highest BCUT2D eigenvalue weighted by Gasteiger charge is 2.37. The van der Waals surface area contributed by atoms with Crippen LogP contribution in [0.4, 0.5) is 0 Å². The standard InChI is InChI=1S/C59H39N3OS/c1-3-20-43(21-4-1)64(44-22-5-2-6-23-44,56-33-16-28-49-48-27-10-14-32-55(48)63-59(49)56)58-35-17-34-57(60-58)62-53-31-13-9-26-47(53)50-39-41(36-37-54(50)62)40-18-15-19-42(38-40)61-51-29-11-7-24-45(51)46-25-8-12-30-52(46)61/h1-39H. The smallest absolute Gasteiger partial charge is 0.148 e. The van der Waals surface area contributed by atoms with Crippen molar-refractivity contribution >= 4 is 75.6 Å². The zero-order chi connectivity index (χ0) is 42.2. The average Bonchev–Trinajstić information content (AvgIpc) is 4.03. The number of para-hydroxylation sites is 5. The van der Waals surface area contributed by atoms with E-state index in [2.05, 4.69) is 240 Å². The molecule has 4 aromatic heterocycles. The minimum absolute atomic E-state index is 0.866. The molecular formula is C59H39N3OS. The van der Waals surface area contributed by atoms with Crippen molar-refractivity contribution in [2.24, 2.45) is 0 Å². The van der Waals surface area contributed by atoms with E-state index in [1.807, 2.05) is 6.07 Å². The lowest BCUT2D eigenvalue weighted by molar-refractivity contribution is 0.659. The molecular weight excluding hydrogens is 799 g/mol. The summed E-state index contributed by atoms with van der Waals surface area (Å²) in [5.41, 5.74) is 9.86. The van der Waals surface area contributed by atoms with Crippen LogP contribution in [0.3, 0.4) is 0 Å². The zero-order valence-corrected chi connectivity index (χ0v) is 35.5. The van der Waals surface area contributed by atoms with E-state index in [4.69, 9.17) is 9.40 Å². The summed E-state index contributed by atoms with van der Waals surface area (Å²) in [5, 5.41) is 8.08. The van der Waals surface area contributed by atoms with Crippen LogP contribution in [0.15, 0.2) is 261 Å². The van der Waals surface area contributed by atoms with Gasteiger partial charge in [-0.25, -0.2) is 4.98 Å². The molecule has 0 saturated heterocycles. The van der Waals surface area contributed by atoms with Gasteiger partial charge in [0, 0.05) is 52.7 Å². The number of fused-ring (bicyclic) bond motifs is 9. The molecule has 0 unspecified atom stereocenters. The van der Waals surface area contributed by atoms with E-state index in [0.717, 1.165) is 65.5 Å². The molecule has 0 bridgehead atoms. The Morgan fingerprint density at radius 1 is 0.359 bits per heavy atom. The maximum atomic E-state index is 6.87. The van der Waals surface area contributed by atoms with Crippen LogP contribution < -0.4 is 0 Å². The minimum atomic E-state index is -2.22. The Hall–Kier alpha value is -8.12. The van der Waals surface area contributed by atoms with Crippen molar-refractivity contribution in [1.82, 2.24) is 14.1 Å². The molecule has 0 aliphatic carbocycles. The summed E-state index contributed by atoms with van der Waals surface area (Å²) < 4.78 is 11.6. The van der Waals surface area contributed by atoms with E-state index in [0.29, 0.717) is 0 Å². The first kappa shape index (κ1) is 36.5. The Bertz CT molecular complexity index is 3830. The highest BCUT2D eigenvalue weighted by molar-refractivity contribution is 8.34. The van der Waals surface area contributed by atoms with Gasteiger partial charge in [0.15, 0.2) is 0 Å². The van der Waals surface area contributed by atoms with E-state index < -0.39 is 10.0 Å². The summed E-state index contributed by atoms with van der Waals surface area (Å²) in [6, 6.07) is 85.3. The van der Waals surface area contributed by atoms with Crippen LogP contribution in [0.5, 0.6) is 0 Å². The summed E-state index contributed by atoms with van der Waals surface area (Å²) in [4.78, 5) is 9.30. The summed E-state index contributed by atoms with van der Waals surface area (Å²) in [7, 11) is -2.22. The second-order valence-electron chi connectivity index (χ2n) is 16.3. The van der Waals surface area contributed by atoms with Crippen LogP contribution in [0.25, 0.3) is 88.2 Å². The third-order valence-electron chi connectivity index (χ3n) is 12.8. The van der Waals surface area contributed by atoms with E-state index in [9.17, 15) is 0 Å². The fraction of sp³-hybridized carbons (Fsp3) is 0. The number of rotatable bonds is 7. The van der Waals surface area contributed by atoms with Gasteiger partial charge in [-0.3, -0.25) is 4.57 Å². The molecule has 0 spiro atoms. The highest BCUT2D eigenvalue weighted by atomic mass is 32.3. The van der Waals surface area contributed by atoms with Crippen LogP contribution in [0.1, 0.15) is 0 Å². The SMILES string of the molecule is c1ccc(S(c2ccccc2)(c2cccc(-n3c4ccccc4c4cc(-c5cccc(-n6c7ccccc7c7ccccc76)c5)ccc43)n2)c2cccc3c2oc2ccccc23)cc1. The van der Waals surface area contributed by atoms with Gasteiger partial charge in [-0.2, -0.15) is 0 Å². The van der Waals surface area contributed by atoms with Crippen molar-refractivity contribution in [3.8, 4) is 22.6 Å². The molecule has 13 rings (SSSR count). The molecule has 0 aliphatic heterocycles. The van der Waals surface area contributed by atoms with E-state index in [-0.39, 0.29) is 0 Å². The van der Waals surface area contributed by atoms with Gasteiger partial charge in [-0.1, -0.05) is 146 Å². The molecule has 0 aliphatic rings. The number of furan rings is 1. The molecule has 4 nitrogen and oxygen atoms in total. The lowest BCUT2D eigenvalue weighted by atomic mass is 10.0. The first-order valence-electron chi connectivity index (χ1n) is 21.7. The van der Waals surface area contributed by atoms with Gasteiger partial charge in [0.2, 0.25) is 0 Å². The number of aromatic nitrogens is 3. The van der Waals surface area contributed by atoms with Crippen molar-refractivity contribution in [2.75, 3.05) is 0 Å². The molecule has 4 heterocycles. The Balaban J connectivity index is 1.02. The van der Waals surface area contributed by atoms with Gasteiger partial charge >= 0.3 is 0 Å². The predicted octanol–water partition coefficient (Wildman–Crippen LogP) is 16.2. The summed E-state index contributed by atoms with van der Waals surface area (Å²) >= 11 is 0. The van der Waals surface area contributed by atoms with Crippen molar-refractivity contribution in [3.63, 3.8) is 0 Å². The molecule has 0 radical (unpaired) electrons. The predicted molar refractivity (Wildman–Crippen MR) is 266 cm³/mol. The first-order valence-corrected chi connectivity index (χ1v) is 23.3. The summed E-state index contributed by atoms with van der Waals surface area (Å²) in [6.45, 7) is 0. The second-order valence-corrected chi connectivity index (χ2v) is 19.3. The van der Waals surface area contributed by atoms with Gasteiger partial charge in [-0.15, -0.1) is 10.0 Å². The number of hydrogen-bond acceptors (Lipinski definition) is 2. The molecule has 9 aromatic carbocycles. The van der Waals surface area contributed by atoms with Crippen molar-refractivity contribution < 1.29 is 4.42 Å². The molecule has 13 aromatic rings. The average molecular weight is 838 g/mol. The Morgan fingerprint density at radius 2 is 0.891 bits per heavy atom. The molecule has 64 heavy (non-hydrogen) atoms. The molecule has 0 saturated carbocycles. The van der Waals surface area contributed by atoms with Crippen molar-refractivity contribution in [2.45, 2.75) is 19.7 Å².